The minimum absolute atomic E-state index is 0.0448. The Morgan fingerprint density at radius 1 is 1.21 bits per heavy atom. The highest BCUT2D eigenvalue weighted by atomic mass is 16.7. The van der Waals surface area contributed by atoms with Crippen LogP contribution >= 0.6 is 0 Å². The van der Waals surface area contributed by atoms with Gasteiger partial charge in [-0.1, -0.05) is 12.1 Å². The second-order valence-corrected chi connectivity index (χ2v) is 5.88. The van der Waals surface area contributed by atoms with Gasteiger partial charge >= 0.3 is 0 Å². The first-order valence-corrected chi connectivity index (χ1v) is 8.00. The van der Waals surface area contributed by atoms with Crippen molar-refractivity contribution in [3.8, 4) is 23.3 Å². The van der Waals surface area contributed by atoms with Crippen molar-refractivity contribution in [2.24, 2.45) is 0 Å². The van der Waals surface area contributed by atoms with E-state index in [4.69, 9.17) is 14.2 Å². The average molecular weight is 322 g/mol. The smallest absolute Gasteiger partial charge is 0.231 e. The van der Waals surface area contributed by atoms with Crippen molar-refractivity contribution >= 4 is 5.69 Å². The number of hydrogen-bond donors (Lipinski definition) is 0. The Balaban J connectivity index is 1.81. The van der Waals surface area contributed by atoms with Crippen molar-refractivity contribution in [2.75, 3.05) is 25.3 Å². The van der Waals surface area contributed by atoms with Gasteiger partial charge in [-0.15, -0.1) is 0 Å². The lowest BCUT2D eigenvalue weighted by atomic mass is 9.91. The quantitative estimate of drug-likeness (QED) is 0.864. The number of nitriles is 1. The molecule has 0 amide bonds. The molecule has 2 heterocycles. The van der Waals surface area contributed by atoms with Crippen molar-refractivity contribution in [1.82, 2.24) is 0 Å². The van der Waals surface area contributed by atoms with Crippen molar-refractivity contribution in [1.29, 1.82) is 5.26 Å². The van der Waals surface area contributed by atoms with Crippen LogP contribution in [-0.4, -0.2) is 20.4 Å². The number of ether oxygens (including phenoxy) is 3. The summed E-state index contributed by atoms with van der Waals surface area (Å²) in [6, 6.07) is 14.3. The van der Waals surface area contributed by atoms with Gasteiger partial charge in [0, 0.05) is 18.3 Å². The molecule has 5 heteroatoms. The van der Waals surface area contributed by atoms with Gasteiger partial charge in [-0.3, -0.25) is 0 Å². The van der Waals surface area contributed by atoms with Crippen LogP contribution < -0.4 is 19.1 Å². The molecule has 122 valence electrons. The van der Waals surface area contributed by atoms with E-state index in [0.717, 1.165) is 40.6 Å². The summed E-state index contributed by atoms with van der Waals surface area (Å²) in [6.07, 6.45) is 0. The fraction of sp³-hybridized carbons (Fsp3) is 0.316. The van der Waals surface area contributed by atoms with Gasteiger partial charge in [-0.2, -0.15) is 5.26 Å². The lowest BCUT2D eigenvalue weighted by molar-refractivity contribution is 0.174. The number of methoxy groups -OCH3 is 1. The Labute approximate surface area is 141 Å². The first-order chi connectivity index (χ1) is 11.8. The molecule has 0 N–H and O–H groups in total. The van der Waals surface area contributed by atoms with Crippen molar-refractivity contribution in [3.63, 3.8) is 0 Å². The zero-order valence-corrected chi connectivity index (χ0v) is 13.7. The number of likely N-dealkylation sites (N-methyl/N-ethyl adjacent to an activating group) is 1. The van der Waals surface area contributed by atoms with Gasteiger partial charge in [0.2, 0.25) is 6.79 Å². The largest absolute Gasteiger partial charge is 0.497 e. The summed E-state index contributed by atoms with van der Waals surface area (Å²) in [5, 5.41) is 9.81. The van der Waals surface area contributed by atoms with Gasteiger partial charge in [0.1, 0.15) is 5.75 Å². The third-order valence-corrected chi connectivity index (χ3v) is 4.75. The second kappa shape index (κ2) is 5.64. The summed E-state index contributed by atoms with van der Waals surface area (Å²) >= 11 is 0. The number of hydrogen-bond acceptors (Lipinski definition) is 5. The minimum atomic E-state index is -0.230. The average Bonchev–Trinajstić information content (AvgIpc) is 3.21. The topological polar surface area (TPSA) is 54.7 Å². The van der Waals surface area contributed by atoms with Gasteiger partial charge in [0.15, 0.2) is 11.5 Å². The first-order valence-electron chi connectivity index (χ1n) is 8.00. The molecule has 0 aliphatic carbocycles. The maximum atomic E-state index is 9.81. The molecule has 0 spiro atoms. The molecule has 4 rings (SSSR count). The number of fused-ring (bicyclic) bond motifs is 2. The summed E-state index contributed by atoms with van der Waals surface area (Å²) in [5.74, 6) is 2.07. The molecule has 0 radical (unpaired) electrons. The normalized spacial score (nSPS) is 20.6. The van der Waals surface area contributed by atoms with Crippen LogP contribution in [0.15, 0.2) is 36.4 Å². The molecule has 0 fully saturated rings. The molecular weight excluding hydrogens is 304 g/mol. The van der Waals surface area contributed by atoms with E-state index in [1.165, 1.54) is 0 Å². The predicted octanol–water partition coefficient (Wildman–Crippen LogP) is 3.61. The van der Waals surface area contributed by atoms with Gasteiger partial charge in [0.05, 0.1) is 25.1 Å². The lowest BCUT2D eigenvalue weighted by Crippen LogP contribution is -2.26. The highest BCUT2D eigenvalue weighted by Gasteiger charge is 2.39. The molecule has 2 unspecified atom stereocenters. The number of nitrogens with zero attached hydrogens (tertiary/aromatic N) is 2. The van der Waals surface area contributed by atoms with Gasteiger partial charge in [0.25, 0.3) is 0 Å². The van der Waals surface area contributed by atoms with Crippen LogP contribution in [0.25, 0.3) is 0 Å². The molecule has 0 aromatic heterocycles. The lowest BCUT2D eigenvalue weighted by Gasteiger charge is -2.28. The molecule has 2 atom stereocenters. The number of rotatable bonds is 3. The number of benzene rings is 2. The van der Waals surface area contributed by atoms with Crippen LogP contribution in [-0.2, 0) is 0 Å². The van der Waals surface area contributed by atoms with E-state index in [0.29, 0.717) is 0 Å². The zero-order valence-electron chi connectivity index (χ0n) is 13.7. The molecule has 0 bridgehead atoms. The first kappa shape index (κ1) is 14.7. The third kappa shape index (κ3) is 2.07. The number of anilines is 1. The van der Waals surface area contributed by atoms with Gasteiger partial charge in [-0.05, 0) is 36.2 Å². The van der Waals surface area contributed by atoms with Crippen molar-refractivity contribution in [2.45, 2.75) is 18.9 Å². The summed E-state index contributed by atoms with van der Waals surface area (Å²) in [4.78, 5) is 2.25. The van der Waals surface area contributed by atoms with Crippen LogP contribution in [0.4, 0.5) is 5.69 Å². The predicted molar refractivity (Wildman–Crippen MR) is 89.7 cm³/mol. The maximum absolute atomic E-state index is 9.81. The van der Waals surface area contributed by atoms with Crippen LogP contribution in [0.5, 0.6) is 17.2 Å². The van der Waals surface area contributed by atoms with Crippen molar-refractivity contribution < 1.29 is 14.2 Å². The van der Waals surface area contributed by atoms with Crippen LogP contribution in [0.3, 0.4) is 0 Å². The molecule has 0 saturated heterocycles. The molecule has 2 aromatic rings. The van der Waals surface area contributed by atoms with Gasteiger partial charge in [-0.25, -0.2) is 0 Å². The molecule has 5 nitrogen and oxygen atoms in total. The van der Waals surface area contributed by atoms with E-state index in [2.05, 4.69) is 17.9 Å². The molecule has 2 aliphatic rings. The fourth-order valence-electron chi connectivity index (χ4n) is 3.64. The summed E-state index contributed by atoms with van der Waals surface area (Å²) in [6.45, 7) is 3.15. The molecule has 0 saturated carbocycles. The Morgan fingerprint density at radius 3 is 2.79 bits per heavy atom. The Hall–Kier alpha value is -2.87. The van der Waals surface area contributed by atoms with E-state index < -0.39 is 0 Å². The molecular formula is C19H18N2O3. The molecule has 2 aromatic carbocycles. The fourth-order valence-corrected chi connectivity index (χ4v) is 3.64. The zero-order chi connectivity index (χ0) is 16.7. The van der Waals surface area contributed by atoms with E-state index in [-0.39, 0.29) is 18.8 Å². The van der Waals surface area contributed by atoms with Crippen LogP contribution in [0.1, 0.15) is 30.0 Å². The van der Waals surface area contributed by atoms with Crippen LogP contribution in [0, 0.1) is 11.3 Å². The highest BCUT2D eigenvalue weighted by molar-refractivity contribution is 5.67. The standard InChI is InChI=1S/C19H18N2O3/c1-3-21-16-9-13(22-2)5-6-14(16)15(10-20)19(21)12-4-7-17-18(8-12)24-11-23-17/h4-9,15,19H,3,11H2,1-2H3. The van der Waals surface area contributed by atoms with E-state index in [9.17, 15) is 5.26 Å². The van der Waals surface area contributed by atoms with Crippen molar-refractivity contribution in [3.05, 3.63) is 47.5 Å². The summed E-state index contributed by atoms with van der Waals surface area (Å²) in [5.41, 5.74) is 3.16. The molecule has 2 aliphatic heterocycles. The Kier molecular flexibility index (Phi) is 3.46. The van der Waals surface area contributed by atoms with Gasteiger partial charge < -0.3 is 19.1 Å². The minimum Gasteiger partial charge on any atom is -0.497 e. The molecule has 24 heavy (non-hydrogen) atoms. The van der Waals surface area contributed by atoms with E-state index >= 15 is 0 Å². The Morgan fingerprint density at radius 2 is 2.04 bits per heavy atom. The second-order valence-electron chi connectivity index (χ2n) is 5.88. The van der Waals surface area contributed by atoms with E-state index in [1.54, 1.807) is 7.11 Å². The van der Waals surface area contributed by atoms with Crippen LogP contribution in [0.2, 0.25) is 0 Å². The summed E-state index contributed by atoms with van der Waals surface area (Å²) < 4.78 is 16.3. The highest BCUT2D eigenvalue weighted by Crippen LogP contribution is 2.50. The monoisotopic (exact) mass is 322 g/mol. The third-order valence-electron chi connectivity index (χ3n) is 4.75. The Bertz CT molecular complexity index is 828. The SMILES string of the molecule is CCN1c2cc(OC)ccc2C(C#N)C1c1ccc2c(c1)OCO2. The summed E-state index contributed by atoms with van der Waals surface area (Å²) in [7, 11) is 1.66. The van der Waals surface area contributed by atoms with E-state index in [1.807, 2.05) is 36.4 Å². The maximum Gasteiger partial charge on any atom is 0.231 e.